The first-order valence-corrected chi connectivity index (χ1v) is 5.55. The Hall–Kier alpha value is -1.87. The van der Waals surface area contributed by atoms with Crippen molar-refractivity contribution in [3.63, 3.8) is 0 Å². The monoisotopic (exact) mass is 245 g/mol. The third-order valence-electron chi connectivity index (χ3n) is 2.69. The van der Waals surface area contributed by atoms with Crippen LogP contribution in [0.15, 0.2) is 36.5 Å². The highest BCUT2D eigenvalue weighted by Gasteiger charge is 2.24. The zero-order valence-electron chi connectivity index (χ0n) is 8.81. The predicted octanol–water partition coefficient (Wildman–Crippen LogP) is 2.86. The molecule has 1 aliphatic rings. The molecule has 3 rings (SSSR count). The zero-order valence-corrected chi connectivity index (χ0v) is 9.57. The van der Waals surface area contributed by atoms with Crippen molar-refractivity contribution in [2.24, 2.45) is 0 Å². The Labute approximate surface area is 103 Å². The minimum atomic E-state index is -0.143. The van der Waals surface area contributed by atoms with Gasteiger partial charge in [0.05, 0.1) is 10.6 Å². The average Bonchev–Trinajstić information content (AvgIpc) is 2.50. The maximum atomic E-state index is 12.3. The summed E-state index contributed by atoms with van der Waals surface area (Å²) < 4.78 is 5.58. The van der Waals surface area contributed by atoms with Gasteiger partial charge in [-0.1, -0.05) is 23.7 Å². The molecule has 0 saturated carbocycles. The van der Waals surface area contributed by atoms with Crippen LogP contribution in [0.1, 0.15) is 21.6 Å². The molecule has 3 nitrogen and oxygen atoms in total. The molecule has 1 aromatic carbocycles. The molecular weight excluding hydrogens is 238 g/mol. The van der Waals surface area contributed by atoms with E-state index >= 15 is 0 Å². The molecule has 0 aliphatic carbocycles. The van der Waals surface area contributed by atoms with Gasteiger partial charge in [-0.15, -0.1) is 0 Å². The smallest absolute Gasteiger partial charge is 0.215 e. The van der Waals surface area contributed by atoms with Gasteiger partial charge in [-0.05, 0) is 18.2 Å². The molecule has 0 atom stereocenters. The predicted molar refractivity (Wildman–Crippen MR) is 63.5 cm³/mol. The fourth-order valence-electron chi connectivity index (χ4n) is 1.87. The number of nitrogens with zero attached hydrogens (tertiary/aromatic N) is 1. The first kappa shape index (κ1) is 10.3. The molecule has 0 unspecified atom stereocenters. The fourth-order valence-corrected chi connectivity index (χ4v) is 2.10. The largest absolute Gasteiger partial charge is 0.486 e. The molecule has 2 aromatic rings. The summed E-state index contributed by atoms with van der Waals surface area (Å²) in [5.41, 5.74) is 1.69. The van der Waals surface area contributed by atoms with Crippen LogP contribution in [0.3, 0.4) is 0 Å². The van der Waals surface area contributed by atoms with Crippen molar-refractivity contribution >= 4 is 17.4 Å². The van der Waals surface area contributed by atoms with E-state index in [-0.39, 0.29) is 5.78 Å². The summed E-state index contributed by atoms with van der Waals surface area (Å²) in [6.07, 6.45) is 1.60. The first-order chi connectivity index (χ1) is 8.27. The van der Waals surface area contributed by atoms with E-state index in [1.165, 1.54) is 0 Å². The Morgan fingerprint density at radius 1 is 1.24 bits per heavy atom. The number of rotatable bonds is 0. The summed E-state index contributed by atoms with van der Waals surface area (Å²) in [5, 5.41) is 0.448. The molecule has 0 fully saturated rings. The standard InChI is InChI=1S/C13H8ClNO2/c14-10-5-1-4-9-12(16)11-8(3-2-6-15-11)7-17-13(9)10/h1-6H,7H2. The number of halogens is 1. The summed E-state index contributed by atoms with van der Waals surface area (Å²) in [5.74, 6) is 0.299. The SMILES string of the molecule is O=C1c2cccc(Cl)c2OCc2cccnc21. The zero-order chi connectivity index (χ0) is 11.8. The van der Waals surface area contributed by atoms with Crippen LogP contribution in [0.5, 0.6) is 5.75 Å². The van der Waals surface area contributed by atoms with Gasteiger partial charge >= 0.3 is 0 Å². The summed E-state index contributed by atoms with van der Waals surface area (Å²) in [6, 6.07) is 8.76. The van der Waals surface area contributed by atoms with E-state index in [2.05, 4.69) is 4.98 Å². The first-order valence-electron chi connectivity index (χ1n) is 5.17. The van der Waals surface area contributed by atoms with Gasteiger partial charge in [-0.3, -0.25) is 9.78 Å². The fraction of sp³-hybridized carbons (Fsp3) is 0.0769. The Morgan fingerprint density at radius 2 is 2.12 bits per heavy atom. The van der Waals surface area contributed by atoms with E-state index in [0.29, 0.717) is 28.6 Å². The van der Waals surface area contributed by atoms with Crippen molar-refractivity contribution in [2.45, 2.75) is 6.61 Å². The number of para-hydroxylation sites is 1. The second kappa shape index (κ2) is 3.86. The molecule has 17 heavy (non-hydrogen) atoms. The number of benzene rings is 1. The van der Waals surface area contributed by atoms with Gasteiger partial charge in [-0.25, -0.2) is 0 Å². The second-order valence-electron chi connectivity index (χ2n) is 3.75. The summed E-state index contributed by atoms with van der Waals surface area (Å²) in [7, 11) is 0. The second-order valence-corrected chi connectivity index (χ2v) is 4.15. The topological polar surface area (TPSA) is 39.2 Å². The molecule has 0 radical (unpaired) electrons. The molecule has 84 valence electrons. The van der Waals surface area contributed by atoms with Crippen LogP contribution in [-0.2, 0) is 6.61 Å². The third-order valence-corrected chi connectivity index (χ3v) is 2.99. The lowest BCUT2D eigenvalue weighted by Gasteiger charge is -2.07. The molecule has 0 N–H and O–H groups in total. The van der Waals surface area contributed by atoms with E-state index in [1.807, 2.05) is 6.07 Å². The number of ketones is 1. The number of aromatic nitrogens is 1. The van der Waals surface area contributed by atoms with Gasteiger partial charge < -0.3 is 4.74 Å². The Morgan fingerprint density at radius 3 is 3.00 bits per heavy atom. The van der Waals surface area contributed by atoms with Crippen molar-refractivity contribution in [3.8, 4) is 5.75 Å². The number of hydrogen-bond donors (Lipinski definition) is 0. The van der Waals surface area contributed by atoms with Gasteiger partial charge in [0.2, 0.25) is 5.78 Å². The highest BCUT2D eigenvalue weighted by molar-refractivity contribution is 6.33. The van der Waals surface area contributed by atoms with Crippen LogP contribution in [0.2, 0.25) is 5.02 Å². The number of carbonyl (C=O) groups is 1. The van der Waals surface area contributed by atoms with E-state index in [4.69, 9.17) is 16.3 Å². The third kappa shape index (κ3) is 1.59. The van der Waals surface area contributed by atoms with Crippen LogP contribution in [-0.4, -0.2) is 10.8 Å². The lowest BCUT2D eigenvalue weighted by Crippen LogP contribution is -2.05. The molecule has 0 spiro atoms. The lowest BCUT2D eigenvalue weighted by atomic mass is 10.0. The summed E-state index contributed by atoms with van der Waals surface area (Å²) >= 11 is 6.03. The van der Waals surface area contributed by atoms with Gasteiger partial charge in [0.15, 0.2) is 0 Å². The lowest BCUT2D eigenvalue weighted by molar-refractivity contribution is 0.103. The molecule has 1 aliphatic heterocycles. The highest BCUT2D eigenvalue weighted by atomic mass is 35.5. The Kier molecular flexibility index (Phi) is 2.34. The van der Waals surface area contributed by atoms with Crippen molar-refractivity contribution < 1.29 is 9.53 Å². The number of pyridine rings is 1. The van der Waals surface area contributed by atoms with Gasteiger partial charge in [0.1, 0.15) is 18.1 Å². The number of ether oxygens (including phenoxy) is 1. The van der Waals surface area contributed by atoms with Crippen LogP contribution in [0, 0.1) is 0 Å². The molecule has 0 bridgehead atoms. The normalized spacial score (nSPS) is 13.4. The molecule has 1 aromatic heterocycles. The molecule has 0 saturated heterocycles. The molecule has 4 heteroatoms. The minimum Gasteiger partial charge on any atom is -0.486 e. The quantitative estimate of drug-likeness (QED) is 0.716. The van der Waals surface area contributed by atoms with E-state index in [1.54, 1.807) is 30.5 Å². The van der Waals surface area contributed by atoms with E-state index in [0.717, 1.165) is 5.56 Å². The van der Waals surface area contributed by atoms with Crippen LogP contribution >= 0.6 is 11.6 Å². The Balaban J connectivity index is 2.24. The van der Waals surface area contributed by atoms with E-state index < -0.39 is 0 Å². The van der Waals surface area contributed by atoms with E-state index in [9.17, 15) is 4.79 Å². The highest BCUT2D eigenvalue weighted by Crippen LogP contribution is 2.33. The van der Waals surface area contributed by atoms with Gasteiger partial charge in [-0.2, -0.15) is 0 Å². The number of fused-ring (bicyclic) bond motifs is 2. The maximum Gasteiger partial charge on any atom is 0.215 e. The minimum absolute atomic E-state index is 0.143. The van der Waals surface area contributed by atoms with Crippen LogP contribution in [0.25, 0.3) is 0 Å². The van der Waals surface area contributed by atoms with Crippen LogP contribution < -0.4 is 4.74 Å². The molecule has 0 amide bonds. The van der Waals surface area contributed by atoms with Crippen molar-refractivity contribution in [1.82, 2.24) is 4.98 Å². The number of hydrogen-bond acceptors (Lipinski definition) is 3. The average molecular weight is 246 g/mol. The van der Waals surface area contributed by atoms with Gasteiger partial charge in [0.25, 0.3) is 0 Å². The molecular formula is C13H8ClNO2. The maximum absolute atomic E-state index is 12.3. The van der Waals surface area contributed by atoms with Crippen molar-refractivity contribution in [3.05, 3.63) is 58.4 Å². The van der Waals surface area contributed by atoms with Gasteiger partial charge in [0, 0.05) is 11.8 Å². The Bertz CT molecular complexity index is 610. The van der Waals surface area contributed by atoms with Crippen molar-refractivity contribution in [1.29, 1.82) is 0 Å². The summed E-state index contributed by atoms with van der Waals surface area (Å²) in [4.78, 5) is 16.4. The summed E-state index contributed by atoms with van der Waals surface area (Å²) in [6.45, 7) is 0.311. The molecule has 2 heterocycles. The van der Waals surface area contributed by atoms with Crippen LogP contribution in [0.4, 0.5) is 0 Å². The number of carbonyl (C=O) groups excluding carboxylic acids is 1. The van der Waals surface area contributed by atoms with Crippen molar-refractivity contribution in [2.75, 3.05) is 0 Å².